The van der Waals surface area contributed by atoms with Gasteiger partial charge in [0.15, 0.2) is 11.5 Å². The molecule has 0 saturated heterocycles. The normalized spacial score (nSPS) is 10.9. The second-order valence-electron chi connectivity index (χ2n) is 6.12. The number of nitro groups is 1. The van der Waals surface area contributed by atoms with Crippen molar-refractivity contribution < 1.29 is 27.6 Å². The van der Waals surface area contributed by atoms with E-state index in [2.05, 4.69) is 5.32 Å². The first-order chi connectivity index (χ1) is 13.6. The molecule has 2 aromatic carbocycles. The van der Waals surface area contributed by atoms with Crippen molar-refractivity contribution in [2.24, 2.45) is 0 Å². The monoisotopic (exact) mass is 423 g/mol. The molecule has 29 heavy (non-hydrogen) atoms. The molecule has 11 heteroatoms. The zero-order chi connectivity index (χ0) is 21.8. The number of hydrogen-bond donors (Lipinski definition) is 1. The van der Waals surface area contributed by atoms with Crippen LogP contribution in [0.2, 0.25) is 0 Å². The maximum absolute atomic E-state index is 12.5. The molecule has 0 atom stereocenters. The van der Waals surface area contributed by atoms with Crippen LogP contribution in [-0.4, -0.2) is 46.3 Å². The number of carbonyl (C=O) groups is 1. The van der Waals surface area contributed by atoms with Gasteiger partial charge in [0.25, 0.3) is 5.69 Å². The van der Waals surface area contributed by atoms with Gasteiger partial charge in [0.2, 0.25) is 15.9 Å². The second kappa shape index (κ2) is 8.78. The molecule has 0 saturated carbocycles. The average Bonchev–Trinajstić information content (AvgIpc) is 2.65. The minimum Gasteiger partial charge on any atom is -0.493 e. The summed E-state index contributed by atoms with van der Waals surface area (Å²) in [6.07, 6.45) is 0.926. The fraction of sp³-hybridized carbons (Fsp3) is 0.278. The van der Waals surface area contributed by atoms with Crippen LogP contribution < -0.4 is 19.1 Å². The highest BCUT2D eigenvalue weighted by Crippen LogP contribution is 2.30. The highest BCUT2D eigenvalue weighted by Gasteiger charge is 2.24. The fourth-order valence-corrected chi connectivity index (χ4v) is 3.51. The van der Waals surface area contributed by atoms with Crippen molar-refractivity contribution in [3.63, 3.8) is 0 Å². The van der Waals surface area contributed by atoms with Crippen LogP contribution in [0.3, 0.4) is 0 Å². The van der Waals surface area contributed by atoms with Crippen molar-refractivity contribution in [2.75, 3.05) is 36.6 Å². The topological polar surface area (TPSA) is 128 Å². The summed E-state index contributed by atoms with van der Waals surface area (Å²) in [5.41, 5.74) is 0.625. The summed E-state index contributed by atoms with van der Waals surface area (Å²) in [6, 6.07) is 8.51. The summed E-state index contributed by atoms with van der Waals surface area (Å²) in [5.74, 6) is 0.226. The Kier molecular flexibility index (Phi) is 6.64. The number of amides is 1. The lowest BCUT2D eigenvalue weighted by Gasteiger charge is -2.23. The molecule has 2 rings (SSSR count). The van der Waals surface area contributed by atoms with Crippen LogP contribution in [-0.2, 0) is 14.8 Å². The van der Waals surface area contributed by atoms with E-state index in [0.29, 0.717) is 22.7 Å². The Labute approximate surface area is 168 Å². The van der Waals surface area contributed by atoms with Crippen LogP contribution in [0.4, 0.5) is 17.1 Å². The number of nitrogens with zero attached hydrogens (tertiary/aromatic N) is 2. The summed E-state index contributed by atoms with van der Waals surface area (Å²) in [4.78, 5) is 22.9. The molecule has 0 radical (unpaired) electrons. The number of sulfonamides is 1. The number of nitro benzene ring substituents is 1. The van der Waals surface area contributed by atoms with E-state index >= 15 is 0 Å². The number of benzene rings is 2. The smallest absolute Gasteiger partial charge is 0.271 e. The van der Waals surface area contributed by atoms with Gasteiger partial charge in [0.1, 0.15) is 6.54 Å². The Hall–Kier alpha value is -3.34. The zero-order valence-corrected chi connectivity index (χ0v) is 17.1. The van der Waals surface area contributed by atoms with Gasteiger partial charge in [-0.3, -0.25) is 19.2 Å². The van der Waals surface area contributed by atoms with E-state index in [1.807, 2.05) is 0 Å². The number of aryl methyl sites for hydroxylation is 1. The molecular formula is C18H21N3O7S. The lowest BCUT2D eigenvalue weighted by Crippen LogP contribution is -2.37. The quantitative estimate of drug-likeness (QED) is 0.510. The first-order valence-electron chi connectivity index (χ1n) is 8.31. The Morgan fingerprint density at radius 2 is 1.79 bits per heavy atom. The Balaban J connectivity index is 2.32. The Morgan fingerprint density at radius 1 is 1.14 bits per heavy atom. The predicted molar refractivity (Wildman–Crippen MR) is 108 cm³/mol. The van der Waals surface area contributed by atoms with E-state index < -0.39 is 27.4 Å². The number of anilines is 2. The van der Waals surface area contributed by atoms with E-state index in [9.17, 15) is 23.3 Å². The predicted octanol–water partition coefficient (Wildman–Crippen LogP) is 2.33. The maximum atomic E-state index is 12.5. The minimum absolute atomic E-state index is 0.0594. The standard InChI is InChI=1S/C18H21N3O7S/c1-12-5-7-14(21(23)24)10-15(12)20(29(4,25)26)11-18(22)19-13-6-8-16(27-2)17(9-13)28-3/h5-10H,11H2,1-4H3,(H,19,22). The van der Waals surface area contributed by atoms with E-state index in [1.54, 1.807) is 19.1 Å². The third kappa shape index (κ3) is 5.35. The first-order valence-corrected chi connectivity index (χ1v) is 10.2. The van der Waals surface area contributed by atoms with Crippen LogP contribution >= 0.6 is 0 Å². The third-order valence-corrected chi connectivity index (χ3v) is 5.15. The molecule has 0 bridgehead atoms. The van der Waals surface area contributed by atoms with Crippen molar-refractivity contribution >= 4 is 33.0 Å². The van der Waals surface area contributed by atoms with Crippen LogP contribution in [0.1, 0.15) is 5.56 Å². The molecular weight excluding hydrogens is 402 g/mol. The summed E-state index contributed by atoms with van der Waals surface area (Å²) in [7, 11) is -0.970. The molecule has 0 unspecified atom stereocenters. The largest absolute Gasteiger partial charge is 0.493 e. The Bertz CT molecular complexity index is 1040. The molecule has 1 N–H and O–H groups in total. The molecule has 0 aromatic heterocycles. The molecule has 0 fully saturated rings. The number of nitrogens with one attached hydrogen (secondary N) is 1. The van der Waals surface area contributed by atoms with Crippen LogP contribution in [0, 0.1) is 17.0 Å². The minimum atomic E-state index is -3.89. The van der Waals surface area contributed by atoms with Crippen molar-refractivity contribution in [2.45, 2.75) is 6.92 Å². The molecule has 0 aliphatic rings. The van der Waals surface area contributed by atoms with E-state index in [-0.39, 0.29) is 11.4 Å². The summed E-state index contributed by atoms with van der Waals surface area (Å²) in [6.45, 7) is 1.04. The molecule has 10 nitrogen and oxygen atoms in total. The summed E-state index contributed by atoms with van der Waals surface area (Å²) >= 11 is 0. The molecule has 0 spiro atoms. The van der Waals surface area contributed by atoms with Crippen molar-refractivity contribution in [1.82, 2.24) is 0 Å². The lowest BCUT2D eigenvalue weighted by atomic mass is 10.2. The maximum Gasteiger partial charge on any atom is 0.271 e. The highest BCUT2D eigenvalue weighted by atomic mass is 32.2. The van der Waals surface area contributed by atoms with Crippen molar-refractivity contribution in [3.05, 3.63) is 52.1 Å². The van der Waals surface area contributed by atoms with Gasteiger partial charge in [-0.1, -0.05) is 6.07 Å². The van der Waals surface area contributed by atoms with Crippen LogP contribution in [0.5, 0.6) is 11.5 Å². The molecule has 0 heterocycles. The summed E-state index contributed by atoms with van der Waals surface area (Å²) < 4.78 is 35.7. The van der Waals surface area contributed by atoms with Crippen molar-refractivity contribution in [1.29, 1.82) is 0 Å². The number of carbonyl (C=O) groups excluding carboxylic acids is 1. The van der Waals surface area contributed by atoms with Gasteiger partial charge < -0.3 is 14.8 Å². The van der Waals surface area contributed by atoms with E-state index in [0.717, 1.165) is 16.6 Å². The molecule has 1 amide bonds. The van der Waals surface area contributed by atoms with Gasteiger partial charge in [-0.15, -0.1) is 0 Å². The van der Waals surface area contributed by atoms with Crippen LogP contribution in [0.15, 0.2) is 36.4 Å². The zero-order valence-electron chi connectivity index (χ0n) is 16.3. The molecule has 2 aromatic rings. The summed E-state index contributed by atoms with van der Waals surface area (Å²) in [5, 5.41) is 13.6. The SMILES string of the molecule is COc1ccc(NC(=O)CN(c2cc([N+](=O)[O-])ccc2C)S(C)(=O)=O)cc1OC. The van der Waals surface area contributed by atoms with Gasteiger partial charge in [0, 0.05) is 23.9 Å². The first kappa shape index (κ1) is 22.0. The number of non-ortho nitro benzene ring substituents is 1. The van der Waals surface area contributed by atoms with Gasteiger partial charge in [-0.05, 0) is 24.6 Å². The van der Waals surface area contributed by atoms with Gasteiger partial charge in [-0.25, -0.2) is 8.42 Å². The molecule has 0 aliphatic heterocycles. The van der Waals surface area contributed by atoms with Crippen LogP contribution in [0.25, 0.3) is 0 Å². The van der Waals surface area contributed by atoms with E-state index in [4.69, 9.17) is 9.47 Å². The Morgan fingerprint density at radius 3 is 2.34 bits per heavy atom. The highest BCUT2D eigenvalue weighted by molar-refractivity contribution is 7.92. The third-order valence-electron chi connectivity index (χ3n) is 4.03. The fourth-order valence-electron chi connectivity index (χ4n) is 2.61. The second-order valence-corrected chi connectivity index (χ2v) is 8.02. The number of methoxy groups -OCH3 is 2. The van der Waals surface area contributed by atoms with Gasteiger partial charge in [-0.2, -0.15) is 0 Å². The number of hydrogen-bond acceptors (Lipinski definition) is 7. The van der Waals surface area contributed by atoms with Gasteiger partial charge in [0.05, 0.1) is 31.1 Å². The average molecular weight is 423 g/mol. The van der Waals surface area contributed by atoms with Gasteiger partial charge >= 0.3 is 0 Å². The molecule has 0 aliphatic carbocycles. The van der Waals surface area contributed by atoms with Crippen molar-refractivity contribution in [3.8, 4) is 11.5 Å². The number of rotatable bonds is 8. The van der Waals surface area contributed by atoms with E-state index in [1.165, 1.54) is 32.4 Å². The number of ether oxygens (including phenoxy) is 2. The molecule has 156 valence electrons. The lowest BCUT2D eigenvalue weighted by molar-refractivity contribution is -0.384.